The Morgan fingerprint density at radius 1 is 1.40 bits per heavy atom. The molecule has 0 bridgehead atoms. The van der Waals surface area contributed by atoms with Crippen LogP contribution in [0, 0.1) is 0 Å². The number of hydrogen-bond donors (Lipinski definition) is 2. The van der Waals surface area contributed by atoms with Crippen LogP contribution in [0.4, 0.5) is 0 Å². The maximum atomic E-state index is 3.65. The van der Waals surface area contributed by atoms with Gasteiger partial charge in [-0.1, -0.05) is 6.42 Å². The van der Waals surface area contributed by atoms with Gasteiger partial charge >= 0.3 is 0 Å². The van der Waals surface area contributed by atoms with Gasteiger partial charge in [0.2, 0.25) is 0 Å². The Morgan fingerprint density at radius 2 is 2.33 bits per heavy atom. The fraction of sp³-hybridized carbons (Fsp3) is 1.00. The van der Waals surface area contributed by atoms with Crippen molar-refractivity contribution in [3.8, 4) is 0 Å². The predicted molar refractivity (Wildman–Crippen MR) is 68.6 cm³/mol. The van der Waals surface area contributed by atoms with Crippen LogP contribution in [0.5, 0.6) is 0 Å². The summed E-state index contributed by atoms with van der Waals surface area (Å²) < 4.78 is 0.522. The zero-order valence-electron chi connectivity index (χ0n) is 9.85. The summed E-state index contributed by atoms with van der Waals surface area (Å²) in [5.74, 6) is 1.36. The van der Waals surface area contributed by atoms with Gasteiger partial charge in [0.15, 0.2) is 0 Å². The number of rotatable bonds is 4. The van der Waals surface area contributed by atoms with E-state index in [0.29, 0.717) is 4.75 Å². The second-order valence-electron chi connectivity index (χ2n) is 5.18. The van der Waals surface area contributed by atoms with Crippen molar-refractivity contribution in [2.75, 3.05) is 25.4 Å². The topological polar surface area (TPSA) is 24.1 Å². The van der Waals surface area contributed by atoms with E-state index in [-0.39, 0.29) is 0 Å². The highest BCUT2D eigenvalue weighted by molar-refractivity contribution is 8.00. The van der Waals surface area contributed by atoms with Crippen LogP contribution < -0.4 is 10.6 Å². The van der Waals surface area contributed by atoms with Gasteiger partial charge in [0.1, 0.15) is 0 Å². The van der Waals surface area contributed by atoms with Crippen LogP contribution in [0.25, 0.3) is 0 Å². The molecule has 2 unspecified atom stereocenters. The molecule has 15 heavy (non-hydrogen) atoms. The van der Waals surface area contributed by atoms with Gasteiger partial charge in [0.25, 0.3) is 0 Å². The number of thioether (sulfide) groups is 1. The van der Waals surface area contributed by atoms with Crippen molar-refractivity contribution in [1.29, 1.82) is 0 Å². The van der Waals surface area contributed by atoms with Crippen LogP contribution in [0.1, 0.15) is 39.0 Å². The molecule has 0 radical (unpaired) electrons. The normalized spacial score (nSPS) is 37.0. The zero-order valence-corrected chi connectivity index (χ0v) is 10.7. The SMILES string of the molecule is CC1(CNCC2CCCCN2)CCCS1. The second kappa shape index (κ2) is 5.55. The van der Waals surface area contributed by atoms with Crippen LogP contribution in [0.15, 0.2) is 0 Å². The summed E-state index contributed by atoms with van der Waals surface area (Å²) in [5, 5.41) is 7.24. The van der Waals surface area contributed by atoms with Gasteiger partial charge in [-0.15, -0.1) is 0 Å². The molecule has 0 amide bonds. The van der Waals surface area contributed by atoms with Crippen LogP contribution in [0.3, 0.4) is 0 Å². The van der Waals surface area contributed by atoms with Gasteiger partial charge in [0, 0.05) is 23.9 Å². The quantitative estimate of drug-likeness (QED) is 0.769. The Kier molecular flexibility index (Phi) is 4.35. The molecular weight excluding hydrogens is 204 g/mol. The smallest absolute Gasteiger partial charge is 0.0256 e. The van der Waals surface area contributed by atoms with Gasteiger partial charge in [0.05, 0.1) is 0 Å². The molecule has 2 heterocycles. The molecule has 3 heteroatoms. The number of nitrogens with one attached hydrogen (secondary N) is 2. The third-order valence-corrected chi connectivity index (χ3v) is 5.14. The molecule has 2 N–H and O–H groups in total. The van der Waals surface area contributed by atoms with E-state index in [2.05, 4.69) is 29.3 Å². The molecule has 2 rings (SSSR count). The molecule has 2 saturated heterocycles. The van der Waals surface area contributed by atoms with E-state index in [1.54, 1.807) is 0 Å². The van der Waals surface area contributed by atoms with Gasteiger partial charge in [-0.2, -0.15) is 11.8 Å². The lowest BCUT2D eigenvalue weighted by Crippen LogP contribution is -2.44. The molecule has 0 spiro atoms. The molecule has 88 valence electrons. The molecule has 0 aromatic carbocycles. The first-order valence-corrected chi connectivity index (χ1v) is 7.35. The highest BCUT2D eigenvalue weighted by Crippen LogP contribution is 2.36. The van der Waals surface area contributed by atoms with E-state index >= 15 is 0 Å². The minimum Gasteiger partial charge on any atom is -0.314 e. The van der Waals surface area contributed by atoms with E-state index in [1.807, 2.05) is 0 Å². The lowest BCUT2D eigenvalue weighted by atomic mass is 10.0. The van der Waals surface area contributed by atoms with Crippen molar-refractivity contribution in [2.45, 2.75) is 49.8 Å². The van der Waals surface area contributed by atoms with Crippen LogP contribution in [-0.4, -0.2) is 36.2 Å². The molecule has 2 fully saturated rings. The summed E-state index contributed by atoms with van der Waals surface area (Å²) in [6.07, 6.45) is 6.93. The Labute approximate surface area is 98.0 Å². The van der Waals surface area contributed by atoms with E-state index in [4.69, 9.17) is 0 Å². The van der Waals surface area contributed by atoms with Crippen molar-refractivity contribution in [1.82, 2.24) is 10.6 Å². The van der Waals surface area contributed by atoms with E-state index in [9.17, 15) is 0 Å². The zero-order chi connectivity index (χ0) is 10.6. The summed E-state index contributed by atoms with van der Waals surface area (Å²) in [5.41, 5.74) is 0. The monoisotopic (exact) mass is 228 g/mol. The van der Waals surface area contributed by atoms with E-state index in [1.165, 1.54) is 50.9 Å². The van der Waals surface area contributed by atoms with E-state index < -0.39 is 0 Å². The van der Waals surface area contributed by atoms with E-state index in [0.717, 1.165) is 12.6 Å². The molecule has 2 atom stereocenters. The fourth-order valence-corrected chi connectivity index (χ4v) is 3.86. The van der Waals surface area contributed by atoms with Gasteiger partial charge < -0.3 is 10.6 Å². The lowest BCUT2D eigenvalue weighted by Gasteiger charge is -2.27. The van der Waals surface area contributed by atoms with Crippen molar-refractivity contribution in [3.05, 3.63) is 0 Å². The molecule has 2 aliphatic rings. The first-order chi connectivity index (χ1) is 7.29. The third kappa shape index (κ3) is 3.65. The maximum absolute atomic E-state index is 3.65. The Balaban J connectivity index is 1.61. The van der Waals surface area contributed by atoms with Crippen LogP contribution in [-0.2, 0) is 0 Å². The second-order valence-corrected chi connectivity index (χ2v) is 6.86. The Morgan fingerprint density at radius 3 is 3.00 bits per heavy atom. The average Bonchev–Trinajstić information content (AvgIpc) is 2.67. The Bertz CT molecular complexity index is 184. The summed E-state index contributed by atoms with van der Waals surface area (Å²) >= 11 is 2.15. The number of hydrogen-bond acceptors (Lipinski definition) is 3. The Hall–Kier alpha value is 0.270. The van der Waals surface area contributed by atoms with Crippen molar-refractivity contribution in [2.24, 2.45) is 0 Å². The first-order valence-electron chi connectivity index (χ1n) is 6.37. The number of piperidine rings is 1. The molecule has 2 aliphatic heterocycles. The van der Waals surface area contributed by atoms with Crippen molar-refractivity contribution < 1.29 is 0 Å². The summed E-state index contributed by atoms with van der Waals surface area (Å²) in [6.45, 7) is 5.98. The lowest BCUT2D eigenvalue weighted by molar-refractivity contribution is 0.377. The summed E-state index contributed by atoms with van der Waals surface area (Å²) in [6, 6.07) is 0.730. The van der Waals surface area contributed by atoms with Crippen LogP contribution in [0.2, 0.25) is 0 Å². The third-order valence-electron chi connectivity index (χ3n) is 3.60. The maximum Gasteiger partial charge on any atom is 0.0256 e. The summed E-state index contributed by atoms with van der Waals surface area (Å²) in [4.78, 5) is 0. The predicted octanol–water partition coefficient (Wildman–Crippen LogP) is 2.00. The van der Waals surface area contributed by atoms with Gasteiger partial charge in [-0.3, -0.25) is 0 Å². The molecule has 0 aromatic heterocycles. The standard InChI is InChI=1S/C12H24N2S/c1-12(6-4-8-15-12)10-13-9-11-5-2-3-7-14-11/h11,13-14H,2-10H2,1H3. The molecule has 2 nitrogen and oxygen atoms in total. The van der Waals surface area contributed by atoms with Crippen molar-refractivity contribution >= 4 is 11.8 Å². The van der Waals surface area contributed by atoms with Gasteiger partial charge in [-0.05, 0) is 44.9 Å². The first kappa shape index (κ1) is 11.7. The largest absolute Gasteiger partial charge is 0.314 e. The molecular formula is C12H24N2S. The molecule has 0 aromatic rings. The highest BCUT2D eigenvalue weighted by atomic mass is 32.2. The van der Waals surface area contributed by atoms with Crippen LogP contribution >= 0.6 is 11.8 Å². The summed E-state index contributed by atoms with van der Waals surface area (Å²) in [7, 11) is 0. The van der Waals surface area contributed by atoms with Gasteiger partial charge in [-0.25, -0.2) is 0 Å². The fourth-order valence-electron chi connectivity index (χ4n) is 2.59. The molecule has 0 aliphatic carbocycles. The minimum atomic E-state index is 0.522. The van der Waals surface area contributed by atoms with Crippen molar-refractivity contribution in [3.63, 3.8) is 0 Å². The minimum absolute atomic E-state index is 0.522. The highest BCUT2D eigenvalue weighted by Gasteiger charge is 2.29. The molecule has 0 saturated carbocycles. The average molecular weight is 228 g/mol.